The molecule has 0 spiro atoms. The van der Waals surface area contributed by atoms with Crippen molar-refractivity contribution >= 4 is 17.7 Å². The lowest BCUT2D eigenvalue weighted by atomic mass is 10.1. The molecule has 2 rings (SSSR count). The third-order valence-electron chi connectivity index (χ3n) is 3.27. The summed E-state index contributed by atoms with van der Waals surface area (Å²) in [5, 5.41) is 3.69. The fourth-order valence-corrected chi connectivity index (χ4v) is 3.49. The van der Waals surface area contributed by atoms with Crippen molar-refractivity contribution in [2.24, 2.45) is 0 Å². The van der Waals surface area contributed by atoms with Gasteiger partial charge in [-0.05, 0) is 37.9 Å². The minimum Gasteiger partial charge on any atom is -0.378 e. The normalized spacial score (nSPS) is 29.5. The van der Waals surface area contributed by atoms with Crippen LogP contribution in [0.4, 0.5) is 0 Å². The molecule has 1 amide bonds. The van der Waals surface area contributed by atoms with Gasteiger partial charge < -0.3 is 10.1 Å². The molecule has 0 bridgehead atoms. The fraction of sp³-hybridized carbons (Fsp3) is 0.917. The zero-order chi connectivity index (χ0) is 11.2. The molecule has 0 radical (unpaired) electrons. The van der Waals surface area contributed by atoms with Crippen molar-refractivity contribution in [1.29, 1.82) is 0 Å². The number of hydrogen-bond donors (Lipinski definition) is 1. The molecule has 3 nitrogen and oxygen atoms in total. The molecule has 2 aliphatic heterocycles. The van der Waals surface area contributed by atoms with Gasteiger partial charge in [0.1, 0.15) is 0 Å². The molecule has 2 fully saturated rings. The van der Waals surface area contributed by atoms with Crippen molar-refractivity contribution in [3.05, 3.63) is 0 Å². The van der Waals surface area contributed by atoms with Gasteiger partial charge in [0, 0.05) is 24.8 Å². The van der Waals surface area contributed by atoms with Gasteiger partial charge in [0.05, 0.1) is 6.10 Å². The van der Waals surface area contributed by atoms with Crippen LogP contribution in [0.25, 0.3) is 0 Å². The van der Waals surface area contributed by atoms with E-state index in [4.69, 9.17) is 4.74 Å². The van der Waals surface area contributed by atoms with Crippen LogP contribution in [0.15, 0.2) is 0 Å². The maximum atomic E-state index is 11.6. The molecule has 92 valence electrons. The largest absolute Gasteiger partial charge is 0.378 e. The van der Waals surface area contributed by atoms with E-state index in [0.717, 1.165) is 32.4 Å². The van der Waals surface area contributed by atoms with Gasteiger partial charge in [0.15, 0.2) is 0 Å². The number of carbonyl (C=O) groups excluding carboxylic acids is 1. The lowest BCUT2D eigenvalue weighted by molar-refractivity contribution is -0.121. The van der Waals surface area contributed by atoms with E-state index in [9.17, 15) is 4.79 Å². The van der Waals surface area contributed by atoms with E-state index in [2.05, 4.69) is 5.32 Å². The molecule has 0 saturated carbocycles. The molecule has 0 aliphatic carbocycles. The Balaban J connectivity index is 1.53. The summed E-state index contributed by atoms with van der Waals surface area (Å²) in [5.41, 5.74) is 0. The van der Waals surface area contributed by atoms with Crippen molar-refractivity contribution in [3.63, 3.8) is 0 Å². The highest BCUT2D eigenvalue weighted by Crippen LogP contribution is 2.25. The molecule has 2 atom stereocenters. The quantitative estimate of drug-likeness (QED) is 0.802. The molecule has 16 heavy (non-hydrogen) atoms. The van der Waals surface area contributed by atoms with Gasteiger partial charge in [-0.2, -0.15) is 11.8 Å². The summed E-state index contributed by atoms with van der Waals surface area (Å²) in [5.74, 6) is 1.46. The second-order valence-corrected chi connectivity index (χ2v) is 6.02. The van der Waals surface area contributed by atoms with E-state index in [-0.39, 0.29) is 5.91 Å². The molecular formula is C12H21NO2S. The predicted octanol–water partition coefficient (Wildman–Crippen LogP) is 1.96. The number of hydrogen-bond acceptors (Lipinski definition) is 3. The highest BCUT2D eigenvalue weighted by atomic mass is 32.2. The third-order valence-corrected chi connectivity index (χ3v) is 4.67. The summed E-state index contributed by atoms with van der Waals surface area (Å²) in [4.78, 5) is 11.6. The predicted molar refractivity (Wildman–Crippen MR) is 66.7 cm³/mol. The van der Waals surface area contributed by atoms with E-state index >= 15 is 0 Å². The van der Waals surface area contributed by atoms with Crippen LogP contribution in [0.5, 0.6) is 0 Å². The van der Waals surface area contributed by atoms with Crippen LogP contribution >= 0.6 is 11.8 Å². The molecule has 2 saturated heterocycles. The topological polar surface area (TPSA) is 38.3 Å². The minimum atomic E-state index is 0.197. The highest BCUT2D eigenvalue weighted by Gasteiger charge is 2.18. The fourth-order valence-electron chi connectivity index (χ4n) is 2.29. The van der Waals surface area contributed by atoms with Crippen LogP contribution in [0.3, 0.4) is 0 Å². The molecule has 1 N–H and O–H groups in total. The van der Waals surface area contributed by atoms with Gasteiger partial charge in [0.2, 0.25) is 5.91 Å². The van der Waals surface area contributed by atoms with Crippen molar-refractivity contribution in [2.75, 3.05) is 18.9 Å². The maximum Gasteiger partial charge on any atom is 0.220 e. The lowest BCUT2D eigenvalue weighted by Crippen LogP contribution is -2.30. The third kappa shape index (κ3) is 3.98. The Morgan fingerprint density at radius 3 is 3.00 bits per heavy atom. The number of ether oxygens (including phenoxy) is 1. The highest BCUT2D eigenvalue weighted by molar-refractivity contribution is 8.00. The first-order valence-electron chi connectivity index (χ1n) is 6.34. The Morgan fingerprint density at radius 1 is 1.38 bits per heavy atom. The van der Waals surface area contributed by atoms with Gasteiger partial charge in [0.25, 0.3) is 0 Å². The van der Waals surface area contributed by atoms with Gasteiger partial charge in [-0.15, -0.1) is 0 Å². The van der Waals surface area contributed by atoms with E-state index in [0.29, 0.717) is 17.8 Å². The average molecular weight is 243 g/mol. The summed E-state index contributed by atoms with van der Waals surface area (Å²) < 4.78 is 5.50. The van der Waals surface area contributed by atoms with Gasteiger partial charge in [-0.3, -0.25) is 4.79 Å². The molecule has 0 aromatic heterocycles. The molecule has 2 aliphatic rings. The molecule has 0 aromatic rings. The summed E-state index contributed by atoms with van der Waals surface area (Å²) >= 11 is 1.99. The summed E-state index contributed by atoms with van der Waals surface area (Å²) in [6.45, 7) is 1.74. The van der Waals surface area contributed by atoms with Crippen LogP contribution in [0, 0.1) is 0 Å². The number of amides is 1. The Labute approximate surface area is 102 Å². The van der Waals surface area contributed by atoms with Gasteiger partial charge in [-0.25, -0.2) is 0 Å². The Bertz CT molecular complexity index is 201. The van der Waals surface area contributed by atoms with Crippen molar-refractivity contribution in [2.45, 2.75) is 49.9 Å². The maximum absolute atomic E-state index is 11.6. The average Bonchev–Trinajstić information content (AvgIpc) is 2.96. The second-order valence-electron chi connectivity index (χ2n) is 4.61. The van der Waals surface area contributed by atoms with E-state index in [1.165, 1.54) is 18.6 Å². The molecule has 2 heterocycles. The summed E-state index contributed by atoms with van der Waals surface area (Å²) in [7, 11) is 0. The van der Waals surface area contributed by atoms with Gasteiger partial charge >= 0.3 is 0 Å². The number of carbonyl (C=O) groups is 1. The monoisotopic (exact) mass is 243 g/mol. The molecule has 0 aromatic carbocycles. The smallest absolute Gasteiger partial charge is 0.220 e. The van der Waals surface area contributed by atoms with E-state index in [1.807, 2.05) is 11.8 Å². The van der Waals surface area contributed by atoms with Crippen LogP contribution < -0.4 is 5.32 Å². The number of thioether (sulfide) groups is 1. The van der Waals surface area contributed by atoms with Crippen molar-refractivity contribution in [3.8, 4) is 0 Å². The van der Waals surface area contributed by atoms with Gasteiger partial charge in [-0.1, -0.05) is 0 Å². The zero-order valence-electron chi connectivity index (χ0n) is 9.74. The summed E-state index contributed by atoms with van der Waals surface area (Å²) in [6.07, 6.45) is 6.71. The van der Waals surface area contributed by atoms with E-state index < -0.39 is 0 Å². The number of rotatable bonds is 5. The van der Waals surface area contributed by atoms with Crippen molar-refractivity contribution < 1.29 is 9.53 Å². The Kier molecular flexibility index (Phi) is 4.97. The molecule has 4 heteroatoms. The first kappa shape index (κ1) is 12.2. The minimum absolute atomic E-state index is 0.197. The zero-order valence-corrected chi connectivity index (χ0v) is 10.6. The first-order valence-corrected chi connectivity index (χ1v) is 7.39. The second kappa shape index (κ2) is 6.50. The molecule has 2 unspecified atom stereocenters. The Morgan fingerprint density at radius 2 is 2.31 bits per heavy atom. The SMILES string of the molecule is O=C(CCC1CCCO1)NCC1CCCS1. The lowest BCUT2D eigenvalue weighted by Gasteiger charge is -2.11. The summed E-state index contributed by atoms with van der Waals surface area (Å²) in [6, 6.07) is 0. The first-order chi connectivity index (χ1) is 7.84. The molecular weight excluding hydrogens is 222 g/mol. The standard InChI is InChI=1S/C12H21NO2S/c14-12(6-5-10-3-1-7-15-10)13-9-11-4-2-8-16-11/h10-11H,1-9H2,(H,13,14). The Hall–Kier alpha value is -0.220. The van der Waals surface area contributed by atoms with E-state index in [1.54, 1.807) is 0 Å². The van der Waals surface area contributed by atoms with Crippen LogP contribution in [0.1, 0.15) is 38.5 Å². The number of nitrogens with one attached hydrogen (secondary N) is 1. The van der Waals surface area contributed by atoms with Crippen LogP contribution in [0.2, 0.25) is 0 Å². The van der Waals surface area contributed by atoms with Crippen LogP contribution in [-0.4, -0.2) is 36.2 Å². The van der Waals surface area contributed by atoms with Crippen LogP contribution in [-0.2, 0) is 9.53 Å². The van der Waals surface area contributed by atoms with Crippen molar-refractivity contribution in [1.82, 2.24) is 5.32 Å².